The summed E-state index contributed by atoms with van der Waals surface area (Å²) in [4.78, 5) is 3.63. The van der Waals surface area contributed by atoms with E-state index in [0.29, 0.717) is 0 Å². The zero-order chi connectivity index (χ0) is 10.1. The highest BCUT2D eigenvalue weighted by Crippen LogP contribution is 2.13. The molecule has 0 saturated carbocycles. The van der Waals surface area contributed by atoms with Crippen molar-refractivity contribution in [2.75, 3.05) is 5.73 Å². The van der Waals surface area contributed by atoms with Gasteiger partial charge in [-0.25, -0.2) is 18.4 Å². The molecule has 0 aliphatic rings. The highest BCUT2D eigenvalue weighted by atomic mass is 19.1. The van der Waals surface area contributed by atoms with Gasteiger partial charge < -0.3 is 5.73 Å². The van der Waals surface area contributed by atoms with Gasteiger partial charge in [-0.1, -0.05) is 0 Å². The van der Waals surface area contributed by atoms with Gasteiger partial charge in [-0.3, -0.25) is 0 Å². The maximum Gasteiger partial charge on any atom is 0.239 e. The predicted octanol–water partition coefficient (Wildman–Crippen LogP) is 1.13. The summed E-state index contributed by atoms with van der Waals surface area (Å²) in [5.41, 5.74) is 5.36. The number of nitrogens with two attached hydrogens (primary N) is 1. The second-order valence-corrected chi connectivity index (χ2v) is 2.64. The standard InChI is InChI=1S/C8H6F2N4/c9-5-1-2-7(6(10)3-5)14-4-12-8(11)13-14/h1-4H,(H2,11,13). The lowest BCUT2D eigenvalue weighted by atomic mass is 10.3. The minimum absolute atomic E-state index is 0.0359. The van der Waals surface area contributed by atoms with Crippen molar-refractivity contribution in [3.05, 3.63) is 36.2 Å². The molecule has 1 heterocycles. The van der Waals surface area contributed by atoms with E-state index in [2.05, 4.69) is 10.1 Å². The first-order chi connectivity index (χ1) is 6.66. The second kappa shape index (κ2) is 3.06. The number of nitrogens with zero attached hydrogens (tertiary/aromatic N) is 3. The van der Waals surface area contributed by atoms with Gasteiger partial charge in [-0.15, -0.1) is 5.10 Å². The van der Waals surface area contributed by atoms with E-state index in [1.807, 2.05) is 0 Å². The smallest absolute Gasteiger partial charge is 0.239 e. The fraction of sp³-hybridized carbons (Fsp3) is 0. The summed E-state index contributed by atoms with van der Waals surface area (Å²) in [6.45, 7) is 0. The molecule has 0 spiro atoms. The molecule has 0 atom stereocenters. The van der Waals surface area contributed by atoms with E-state index >= 15 is 0 Å². The summed E-state index contributed by atoms with van der Waals surface area (Å²) in [5.74, 6) is -1.32. The van der Waals surface area contributed by atoms with Crippen LogP contribution in [0.3, 0.4) is 0 Å². The van der Waals surface area contributed by atoms with E-state index in [4.69, 9.17) is 5.73 Å². The molecule has 0 saturated heterocycles. The normalized spacial score (nSPS) is 10.4. The Morgan fingerprint density at radius 1 is 1.29 bits per heavy atom. The van der Waals surface area contributed by atoms with E-state index < -0.39 is 11.6 Å². The Morgan fingerprint density at radius 3 is 2.64 bits per heavy atom. The van der Waals surface area contributed by atoms with Crippen LogP contribution in [0, 0.1) is 11.6 Å². The maximum absolute atomic E-state index is 13.2. The van der Waals surface area contributed by atoms with Crippen molar-refractivity contribution in [1.82, 2.24) is 14.8 Å². The van der Waals surface area contributed by atoms with Crippen LogP contribution in [0.5, 0.6) is 0 Å². The molecule has 4 nitrogen and oxygen atoms in total. The number of hydrogen-bond donors (Lipinski definition) is 1. The van der Waals surface area contributed by atoms with Gasteiger partial charge in [0.25, 0.3) is 0 Å². The zero-order valence-corrected chi connectivity index (χ0v) is 6.98. The molecule has 0 aliphatic heterocycles. The predicted molar refractivity (Wildman–Crippen MR) is 45.7 cm³/mol. The average molecular weight is 196 g/mol. The number of aromatic nitrogens is 3. The van der Waals surface area contributed by atoms with Crippen LogP contribution in [0.25, 0.3) is 5.69 Å². The van der Waals surface area contributed by atoms with Crippen molar-refractivity contribution in [2.24, 2.45) is 0 Å². The molecule has 0 radical (unpaired) electrons. The molecule has 14 heavy (non-hydrogen) atoms. The van der Waals surface area contributed by atoms with Crippen LogP contribution in [0.4, 0.5) is 14.7 Å². The third-order valence-electron chi connectivity index (χ3n) is 1.67. The topological polar surface area (TPSA) is 56.7 Å². The average Bonchev–Trinajstić information content (AvgIpc) is 2.51. The van der Waals surface area contributed by atoms with Gasteiger partial charge in [-0.05, 0) is 12.1 Å². The number of nitrogen functional groups attached to an aromatic ring is 1. The number of hydrogen-bond acceptors (Lipinski definition) is 3. The first kappa shape index (κ1) is 8.61. The second-order valence-electron chi connectivity index (χ2n) is 2.64. The van der Waals surface area contributed by atoms with Gasteiger partial charge in [0.05, 0.1) is 0 Å². The lowest BCUT2D eigenvalue weighted by Gasteiger charge is -2.00. The Bertz CT molecular complexity index is 466. The molecular weight excluding hydrogens is 190 g/mol. The van der Waals surface area contributed by atoms with Crippen LogP contribution in [-0.4, -0.2) is 14.8 Å². The summed E-state index contributed by atoms with van der Waals surface area (Å²) in [6.07, 6.45) is 1.26. The van der Waals surface area contributed by atoms with Gasteiger partial charge in [0, 0.05) is 6.07 Å². The largest absolute Gasteiger partial charge is 0.366 e. The summed E-state index contributed by atoms with van der Waals surface area (Å²) in [5, 5.41) is 3.69. The van der Waals surface area contributed by atoms with E-state index in [-0.39, 0.29) is 11.6 Å². The van der Waals surface area contributed by atoms with Crippen molar-refractivity contribution in [1.29, 1.82) is 0 Å². The Kier molecular flexibility index (Phi) is 1.88. The van der Waals surface area contributed by atoms with Crippen LogP contribution in [-0.2, 0) is 0 Å². The molecule has 1 aromatic carbocycles. The summed E-state index contributed by atoms with van der Waals surface area (Å²) >= 11 is 0. The fourth-order valence-corrected chi connectivity index (χ4v) is 1.06. The Hall–Kier alpha value is -1.98. The molecule has 0 unspecified atom stereocenters. The summed E-state index contributed by atoms with van der Waals surface area (Å²) < 4.78 is 26.9. The number of rotatable bonds is 1. The minimum Gasteiger partial charge on any atom is -0.366 e. The Balaban J connectivity index is 2.52. The summed E-state index contributed by atoms with van der Waals surface area (Å²) in [6, 6.07) is 3.17. The lowest BCUT2D eigenvalue weighted by Crippen LogP contribution is -1.99. The van der Waals surface area contributed by atoms with Crippen LogP contribution >= 0.6 is 0 Å². The third-order valence-corrected chi connectivity index (χ3v) is 1.67. The first-order valence-electron chi connectivity index (χ1n) is 3.79. The van der Waals surface area contributed by atoms with Crippen molar-refractivity contribution >= 4 is 5.95 Å². The van der Waals surface area contributed by atoms with Crippen molar-refractivity contribution < 1.29 is 8.78 Å². The molecule has 0 amide bonds. The monoisotopic (exact) mass is 196 g/mol. The van der Waals surface area contributed by atoms with Crippen LogP contribution < -0.4 is 5.73 Å². The lowest BCUT2D eigenvalue weighted by molar-refractivity contribution is 0.574. The van der Waals surface area contributed by atoms with Crippen molar-refractivity contribution in [3.63, 3.8) is 0 Å². The molecule has 1 aromatic heterocycles. The van der Waals surface area contributed by atoms with Crippen LogP contribution in [0.15, 0.2) is 24.5 Å². The van der Waals surface area contributed by atoms with E-state index in [1.54, 1.807) is 0 Å². The van der Waals surface area contributed by atoms with E-state index in [9.17, 15) is 8.78 Å². The van der Waals surface area contributed by atoms with E-state index in [0.717, 1.165) is 16.8 Å². The Morgan fingerprint density at radius 2 is 2.07 bits per heavy atom. The van der Waals surface area contributed by atoms with Gasteiger partial charge >= 0.3 is 0 Å². The van der Waals surface area contributed by atoms with Gasteiger partial charge in [0.2, 0.25) is 5.95 Å². The van der Waals surface area contributed by atoms with E-state index in [1.165, 1.54) is 12.4 Å². The van der Waals surface area contributed by atoms with Crippen molar-refractivity contribution in [3.8, 4) is 5.69 Å². The molecule has 0 aliphatic carbocycles. The molecule has 6 heteroatoms. The van der Waals surface area contributed by atoms with Gasteiger partial charge in [0.1, 0.15) is 17.8 Å². The molecule has 2 aromatic rings. The van der Waals surface area contributed by atoms with Gasteiger partial charge in [0.15, 0.2) is 5.82 Å². The molecule has 72 valence electrons. The third kappa shape index (κ3) is 1.41. The summed E-state index contributed by atoms with van der Waals surface area (Å²) in [7, 11) is 0. The molecule has 2 N–H and O–H groups in total. The Labute approximate surface area is 78.0 Å². The number of benzene rings is 1. The molecular formula is C8H6F2N4. The molecule has 2 rings (SSSR count). The number of anilines is 1. The van der Waals surface area contributed by atoms with Crippen LogP contribution in [0.2, 0.25) is 0 Å². The maximum atomic E-state index is 13.2. The molecule has 0 fully saturated rings. The highest BCUT2D eigenvalue weighted by molar-refractivity contribution is 5.33. The zero-order valence-electron chi connectivity index (χ0n) is 6.98. The fourth-order valence-electron chi connectivity index (χ4n) is 1.06. The minimum atomic E-state index is -0.713. The number of halogens is 2. The highest BCUT2D eigenvalue weighted by Gasteiger charge is 2.06. The first-order valence-corrected chi connectivity index (χ1v) is 3.79. The quantitative estimate of drug-likeness (QED) is 0.743. The SMILES string of the molecule is Nc1ncn(-c2ccc(F)cc2F)n1. The van der Waals surface area contributed by atoms with Gasteiger partial charge in [-0.2, -0.15) is 0 Å². The van der Waals surface area contributed by atoms with Crippen molar-refractivity contribution in [2.45, 2.75) is 0 Å². The molecule has 0 bridgehead atoms. The van der Waals surface area contributed by atoms with Crippen LogP contribution in [0.1, 0.15) is 0 Å².